The molecule has 2 aromatic heterocycles. The molecule has 4 rings (SSSR count). The maximum absolute atomic E-state index is 12.9. The van der Waals surface area contributed by atoms with Gasteiger partial charge in [0.1, 0.15) is 5.01 Å². The van der Waals surface area contributed by atoms with Crippen molar-refractivity contribution < 1.29 is 13.2 Å². The van der Waals surface area contributed by atoms with E-state index in [9.17, 15) is 13.2 Å². The summed E-state index contributed by atoms with van der Waals surface area (Å²) >= 11 is 3.11. The number of hydrogen-bond acceptors (Lipinski definition) is 7. The zero-order valence-electron chi connectivity index (χ0n) is 17.9. The van der Waals surface area contributed by atoms with Crippen molar-refractivity contribution in [2.24, 2.45) is 0 Å². The van der Waals surface area contributed by atoms with Gasteiger partial charge in [-0.15, -0.1) is 22.7 Å². The number of aromatic nitrogens is 1. The number of sulfonamides is 1. The summed E-state index contributed by atoms with van der Waals surface area (Å²) < 4.78 is 24.8. The van der Waals surface area contributed by atoms with Crippen LogP contribution in [0, 0.1) is 0 Å². The molecular weight excluding hydrogens is 464 g/mol. The molecule has 3 heterocycles. The normalized spacial score (nSPS) is 15.2. The Balaban J connectivity index is 1.26. The molecular formula is C22H26N4O3S3. The number of piperazine rings is 1. The molecule has 1 aliphatic heterocycles. The molecule has 0 spiro atoms. The number of thiophene rings is 1. The maximum Gasteiger partial charge on any atom is 0.264 e. The second-order valence-electron chi connectivity index (χ2n) is 7.76. The minimum Gasteiger partial charge on any atom is -0.335 e. The van der Waals surface area contributed by atoms with Crippen LogP contribution >= 0.6 is 22.7 Å². The molecule has 1 amide bonds. The third kappa shape index (κ3) is 6.23. The second-order valence-corrected chi connectivity index (χ2v) is 11.6. The molecule has 0 saturated carbocycles. The summed E-state index contributed by atoms with van der Waals surface area (Å²) in [6.45, 7) is 4.16. The Kier molecular flexibility index (Phi) is 7.37. The number of thiazole rings is 1. The SMILES string of the molecule is CS(=O)(=O)NCCc1ccc(C(=O)N2CCN(Cc3csc(-c4ccccc4)n3)CC2)s1. The van der Waals surface area contributed by atoms with Crippen LogP contribution in [0.25, 0.3) is 10.6 Å². The van der Waals surface area contributed by atoms with Gasteiger partial charge in [0.25, 0.3) is 5.91 Å². The molecule has 1 saturated heterocycles. The van der Waals surface area contributed by atoms with Gasteiger partial charge in [0.15, 0.2) is 0 Å². The summed E-state index contributed by atoms with van der Waals surface area (Å²) in [5.41, 5.74) is 2.21. The fourth-order valence-corrected chi connectivity index (χ4v) is 5.84. The first-order chi connectivity index (χ1) is 15.4. The van der Waals surface area contributed by atoms with Crippen LogP contribution < -0.4 is 4.72 Å². The van der Waals surface area contributed by atoms with E-state index in [1.54, 1.807) is 11.3 Å². The zero-order valence-corrected chi connectivity index (χ0v) is 20.3. The van der Waals surface area contributed by atoms with Crippen molar-refractivity contribution in [3.8, 4) is 10.6 Å². The number of amides is 1. The largest absolute Gasteiger partial charge is 0.335 e. The van der Waals surface area contributed by atoms with Crippen LogP contribution in [0.3, 0.4) is 0 Å². The van der Waals surface area contributed by atoms with Gasteiger partial charge in [-0.3, -0.25) is 9.69 Å². The molecule has 0 radical (unpaired) electrons. The molecule has 0 atom stereocenters. The van der Waals surface area contributed by atoms with E-state index in [1.807, 2.05) is 35.2 Å². The lowest BCUT2D eigenvalue weighted by Crippen LogP contribution is -2.48. The number of nitrogens with one attached hydrogen (secondary N) is 1. The molecule has 1 fully saturated rings. The lowest BCUT2D eigenvalue weighted by Gasteiger charge is -2.34. The summed E-state index contributed by atoms with van der Waals surface area (Å²) in [6.07, 6.45) is 1.73. The molecule has 0 aliphatic carbocycles. The average molecular weight is 491 g/mol. The van der Waals surface area contributed by atoms with Crippen LogP contribution in [0.15, 0.2) is 47.8 Å². The van der Waals surface area contributed by atoms with Crippen LogP contribution in [0.4, 0.5) is 0 Å². The number of carbonyl (C=O) groups excluding carboxylic acids is 1. The highest BCUT2D eigenvalue weighted by atomic mass is 32.2. The average Bonchev–Trinajstić information content (AvgIpc) is 3.44. The smallest absolute Gasteiger partial charge is 0.264 e. The van der Waals surface area contributed by atoms with Crippen molar-refractivity contribution in [2.45, 2.75) is 13.0 Å². The third-order valence-electron chi connectivity index (χ3n) is 5.23. The molecule has 7 nitrogen and oxygen atoms in total. The molecule has 1 N–H and O–H groups in total. The first-order valence-corrected chi connectivity index (χ1v) is 14.0. The number of nitrogens with zero attached hydrogens (tertiary/aromatic N) is 3. The maximum atomic E-state index is 12.9. The lowest BCUT2D eigenvalue weighted by molar-refractivity contribution is 0.0632. The van der Waals surface area contributed by atoms with E-state index in [0.29, 0.717) is 30.9 Å². The van der Waals surface area contributed by atoms with Crippen molar-refractivity contribution in [2.75, 3.05) is 39.0 Å². The van der Waals surface area contributed by atoms with Crippen molar-refractivity contribution in [1.82, 2.24) is 19.5 Å². The van der Waals surface area contributed by atoms with Crippen LogP contribution in [-0.2, 0) is 23.0 Å². The Labute approximate surface area is 196 Å². The summed E-state index contributed by atoms with van der Waals surface area (Å²) in [5.74, 6) is 0.0528. The standard InChI is InChI=1S/C22H26N4O3S3/c1-32(28,29)23-10-9-19-7-8-20(31-19)22(27)26-13-11-25(12-14-26)15-18-16-30-21(24-18)17-5-3-2-4-6-17/h2-8,16,23H,9-15H2,1H3. The quantitative estimate of drug-likeness (QED) is 0.525. The molecule has 0 unspecified atom stereocenters. The van der Waals surface area contributed by atoms with E-state index in [1.165, 1.54) is 11.3 Å². The van der Waals surface area contributed by atoms with Crippen molar-refractivity contribution in [3.63, 3.8) is 0 Å². The highest BCUT2D eigenvalue weighted by Gasteiger charge is 2.23. The second kappa shape index (κ2) is 10.2. The molecule has 3 aromatic rings. The summed E-state index contributed by atoms with van der Waals surface area (Å²) in [7, 11) is -3.19. The molecule has 1 aromatic carbocycles. The van der Waals surface area contributed by atoms with Crippen LogP contribution in [-0.4, -0.2) is 68.1 Å². The highest BCUT2D eigenvalue weighted by Crippen LogP contribution is 2.24. The minimum atomic E-state index is -3.19. The summed E-state index contributed by atoms with van der Waals surface area (Å²) in [5, 5.41) is 3.15. The van der Waals surface area contributed by atoms with E-state index < -0.39 is 10.0 Å². The predicted molar refractivity (Wildman–Crippen MR) is 130 cm³/mol. The van der Waals surface area contributed by atoms with Crippen molar-refractivity contribution in [3.05, 3.63) is 63.3 Å². The van der Waals surface area contributed by atoms with Crippen LogP contribution in [0.2, 0.25) is 0 Å². The Morgan fingerprint density at radius 3 is 2.56 bits per heavy atom. The van der Waals surface area contributed by atoms with Crippen molar-refractivity contribution in [1.29, 1.82) is 0 Å². The van der Waals surface area contributed by atoms with Gasteiger partial charge in [-0.2, -0.15) is 0 Å². The van der Waals surface area contributed by atoms with Gasteiger partial charge in [-0.25, -0.2) is 18.1 Å². The number of carbonyl (C=O) groups is 1. The van der Waals surface area contributed by atoms with Gasteiger partial charge in [0.2, 0.25) is 10.0 Å². The van der Waals surface area contributed by atoms with Gasteiger partial charge in [0, 0.05) is 55.1 Å². The Hall–Kier alpha value is -2.11. The minimum absolute atomic E-state index is 0.0528. The number of benzene rings is 1. The van der Waals surface area contributed by atoms with E-state index in [2.05, 4.69) is 27.1 Å². The van der Waals surface area contributed by atoms with Gasteiger partial charge in [-0.05, 0) is 18.6 Å². The topological polar surface area (TPSA) is 82.6 Å². The Bertz CT molecular complexity index is 1150. The monoisotopic (exact) mass is 490 g/mol. The number of rotatable bonds is 8. The summed E-state index contributed by atoms with van der Waals surface area (Å²) in [4.78, 5) is 23.6. The van der Waals surface area contributed by atoms with E-state index in [-0.39, 0.29) is 5.91 Å². The molecule has 10 heteroatoms. The van der Waals surface area contributed by atoms with Crippen LogP contribution in [0.1, 0.15) is 20.2 Å². The fourth-order valence-electron chi connectivity index (χ4n) is 3.57. The molecule has 0 bridgehead atoms. The van der Waals surface area contributed by atoms with Gasteiger partial charge >= 0.3 is 0 Å². The van der Waals surface area contributed by atoms with Gasteiger partial charge in [0.05, 0.1) is 16.8 Å². The van der Waals surface area contributed by atoms with E-state index >= 15 is 0 Å². The highest BCUT2D eigenvalue weighted by molar-refractivity contribution is 7.88. The summed E-state index contributed by atoms with van der Waals surface area (Å²) in [6, 6.07) is 14.0. The molecule has 170 valence electrons. The first kappa shape index (κ1) is 23.1. The van der Waals surface area contributed by atoms with Gasteiger partial charge < -0.3 is 4.90 Å². The Morgan fingerprint density at radius 2 is 1.84 bits per heavy atom. The fraction of sp³-hybridized carbons (Fsp3) is 0.364. The first-order valence-electron chi connectivity index (χ1n) is 10.4. The zero-order chi connectivity index (χ0) is 22.6. The molecule has 32 heavy (non-hydrogen) atoms. The Morgan fingerprint density at radius 1 is 1.09 bits per heavy atom. The predicted octanol–water partition coefficient (Wildman–Crippen LogP) is 2.92. The van der Waals surface area contributed by atoms with Crippen molar-refractivity contribution >= 4 is 38.6 Å². The third-order valence-corrected chi connectivity index (χ3v) is 8.03. The molecule has 1 aliphatic rings. The van der Waals surface area contributed by atoms with Gasteiger partial charge in [-0.1, -0.05) is 30.3 Å². The number of hydrogen-bond donors (Lipinski definition) is 1. The van der Waals surface area contributed by atoms with E-state index in [0.717, 1.165) is 47.0 Å². The van der Waals surface area contributed by atoms with Crippen LogP contribution in [0.5, 0.6) is 0 Å². The lowest BCUT2D eigenvalue weighted by atomic mass is 10.2. The van der Waals surface area contributed by atoms with E-state index in [4.69, 9.17) is 4.98 Å².